The smallest absolute Gasteiger partial charge is 0.335 e. The average Bonchev–Trinajstić information content (AvgIpc) is 3.07. The molecule has 0 aromatic heterocycles. The summed E-state index contributed by atoms with van der Waals surface area (Å²) < 4.78 is 0. The molecule has 4 rings (SSSR count). The molecule has 3 nitrogen and oxygen atoms in total. The molecule has 0 unspecified atom stereocenters. The maximum Gasteiger partial charge on any atom is 0.335 e. The van der Waals surface area contributed by atoms with Crippen molar-refractivity contribution in [2.75, 3.05) is 5.32 Å². The fourth-order valence-electron chi connectivity index (χ4n) is 4.21. The van der Waals surface area contributed by atoms with Gasteiger partial charge in [-0.2, -0.15) is 0 Å². The zero-order chi connectivity index (χ0) is 16.8. The van der Waals surface area contributed by atoms with E-state index in [1.807, 2.05) is 12.1 Å². The van der Waals surface area contributed by atoms with Crippen LogP contribution in [0.15, 0.2) is 48.6 Å². The summed E-state index contributed by atoms with van der Waals surface area (Å²) in [6.07, 6.45) is 5.68. The number of hydrogen-bond acceptors (Lipinski definition) is 2. The quantitative estimate of drug-likeness (QED) is 0.780. The van der Waals surface area contributed by atoms with E-state index in [0.29, 0.717) is 17.4 Å². The Kier molecular flexibility index (Phi) is 3.45. The summed E-state index contributed by atoms with van der Waals surface area (Å²) in [5, 5.41) is 12.9. The molecule has 0 saturated heterocycles. The van der Waals surface area contributed by atoms with E-state index in [-0.39, 0.29) is 6.04 Å². The first kappa shape index (κ1) is 15.0. The van der Waals surface area contributed by atoms with E-state index in [0.717, 1.165) is 12.0 Å². The fourth-order valence-corrected chi connectivity index (χ4v) is 4.21. The second-order valence-corrected chi connectivity index (χ2v) is 6.89. The van der Waals surface area contributed by atoms with Crippen LogP contribution in [0.1, 0.15) is 51.0 Å². The van der Waals surface area contributed by atoms with Crippen molar-refractivity contribution >= 4 is 11.7 Å². The molecular formula is C21H21NO2. The van der Waals surface area contributed by atoms with Crippen molar-refractivity contribution in [1.82, 2.24) is 0 Å². The Morgan fingerprint density at radius 2 is 1.79 bits per heavy atom. The van der Waals surface area contributed by atoms with Crippen LogP contribution >= 0.6 is 0 Å². The van der Waals surface area contributed by atoms with E-state index in [2.05, 4.69) is 43.4 Å². The van der Waals surface area contributed by atoms with Gasteiger partial charge in [0.25, 0.3) is 0 Å². The highest BCUT2D eigenvalue weighted by atomic mass is 16.4. The van der Waals surface area contributed by atoms with Gasteiger partial charge in [-0.1, -0.05) is 36.4 Å². The molecule has 0 radical (unpaired) electrons. The summed E-state index contributed by atoms with van der Waals surface area (Å²) in [4.78, 5) is 11.1. The predicted octanol–water partition coefficient (Wildman–Crippen LogP) is 4.83. The Labute approximate surface area is 142 Å². The molecule has 2 N–H and O–H groups in total. The number of allylic oxidation sites excluding steroid dienone is 2. The fraction of sp³-hybridized carbons (Fsp3) is 0.286. The van der Waals surface area contributed by atoms with Crippen molar-refractivity contribution in [3.05, 3.63) is 76.4 Å². The van der Waals surface area contributed by atoms with Crippen LogP contribution < -0.4 is 5.32 Å². The van der Waals surface area contributed by atoms with Gasteiger partial charge in [0.15, 0.2) is 0 Å². The van der Waals surface area contributed by atoms with Gasteiger partial charge < -0.3 is 10.4 Å². The first-order valence-corrected chi connectivity index (χ1v) is 8.43. The Morgan fingerprint density at radius 3 is 2.50 bits per heavy atom. The van der Waals surface area contributed by atoms with Crippen molar-refractivity contribution in [2.45, 2.75) is 32.2 Å². The molecule has 1 aliphatic carbocycles. The monoisotopic (exact) mass is 319 g/mol. The number of carboxylic acid groups (broad SMARTS) is 1. The molecule has 0 spiro atoms. The third-order valence-electron chi connectivity index (χ3n) is 5.46. The van der Waals surface area contributed by atoms with Gasteiger partial charge in [-0.05, 0) is 60.6 Å². The lowest BCUT2D eigenvalue weighted by Gasteiger charge is -2.39. The van der Waals surface area contributed by atoms with E-state index < -0.39 is 5.97 Å². The third kappa shape index (κ3) is 2.23. The van der Waals surface area contributed by atoms with Gasteiger partial charge in [0.2, 0.25) is 0 Å². The highest BCUT2D eigenvalue weighted by molar-refractivity contribution is 5.87. The average molecular weight is 319 g/mol. The van der Waals surface area contributed by atoms with Crippen LogP contribution in [0.5, 0.6) is 0 Å². The van der Waals surface area contributed by atoms with Crippen LogP contribution in [0, 0.1) is 19.8 Å². The van der Waals surface area contributed by atoms with Crippen LogP contribution in [0.2, 0.25) is 0 Å². The van der Waals surface area contributed by atoms with Gasteiger partial charge in [-0.15, -0.1) is 0 Å². The summed E-state index contributed by atoms with van der Waals surface area (Å²) in [5.41, 5.74) is 6.77. The molecule has 3 atom stereocenters. The lowest BCUT2D eigenvalue weighted by atomic mass is 9.75. The summed E-state index contributed by atoms with van der Waals surface area (Å²) in [6, 6.07) is 11.9. The van der Waals surface area contributed by atoms with Crippen LogP contribution in [-0.4, -0.2) is 11.1 Å². The molecule has 3 heteroatoms. The molecule has 0 saturated carbocycles. The van der Waals surface area contributed by atoms with Gasteiger partial charge in [-0.3, -0.25) is 0 Å². The van der Waals surface area contributed by atoms with E-state index >= 15 is 0 Å². The molecule has 0 amide bonds. The van der Waals surface area contributed by atoms with E-state index in [4.69, 9.17) is 5.11 Å². The summed E-state index contributed by atoms with van der Waals surface area (Å²) in [6.45, 7) is 4.33. The lowest BCUT2D eigenvalue weighted by Crippen LogP contribution is -2.30. The van der Waals surface area contributed by atoms with E-state index in [1.165, 1.54) is 22.4 Å². The number of benzene rings is 2. The van der Waals surface area contributed by atoms with E-state index in [9.17, 15) is 4.79 Å². The molecule has 2 aromatic carbocycles. The van der Waals surface area contributed by atoms with Crippen molar-refractivity contribution < 1.29 is 9.90 Å². The van der Waals surface area contributed by atoms with Crippen LogP contribution in [0.4, 0.5) is 5.69 Å². The molecule has 122 valence electrons. The first-order valence-electron chi connectivity index (χ1n) is 8.43. The van der Waals surface area contributed by atoms with Crippen LogP contribution in [0.3, 0.4) is 0 Å². The van der Waals surface area contributed by atoms with Gasteiger partial charge in [0.05, 0.1) is 11.6 Å². The molecule has 2 aromatic rings. The third-order valence-corrected chi connectivity index (χ3v) is 5.46. The van der Waals surface area contributed by atoms with Gasteiger partial charge in [-0.25, -0.2) is 4.79 Å². The zero-order valence-electron chi connectivity index (χ0n) is 13.9. The number of anilines is 1. The number of fused-ring (bicyclic) bond motifs is 3. The van der Waals surface area contributed by atoms with Crippen LogP contribution in [-0.2, 0) is 0 Å². The van der Waals surface area contributed by atoms with Gasteiger partial charge in [0.1, 0.15) is 0 Å². The maximum absolute atomic E-state index is 11.1. The lowest BCUT2D eigenvalue weighted by molar-refractivity contribution is 0.0697. The zero-order valence-corrected chi connectivity index (χ0v) is 13.9. The number of carbonyl (C=O) groups is 1. The first-order chi connectivity index (χ1) is 11.6. The minimum absolute atomic E-state index is 0.209. The number of rotatable bonds is 2. The van der Waals surface area contributed by atoms with Crippen molar-refractivity contribution in [3.63, 3.8) is 0 Å². The van der Waals surface area contributed by atoms with Crippen molar-refractivity contribution in [2.24, 2.45) is 5.92 Å². The Balaban J connectivity index is 1.78. The van der Waals surface area contributed by atoms with Crippen molar-refractivity contribution in [1.29, 1.82) is 0 Å². The van der Waals surface area contributed by atoms with Crippen molar-refractivity contribution in [3.8, 4) is 0 Å². The van der Waals surface area contributed by atoms with E-state index in [1.54, 1.807) is 12.1 Å². The van der Waals surface area contributed by atoms with Crippen LogP contribution in [0.25, 0.3) is 0 Å². The Morgan fingerprint density at radius 1 is 1.08 bits per heavy atom. The number of aryl methyl sites for hydroxylation is 2. The molecule has 1 aliphatic heterocycles. The summed E-state index contributed by atoms with van der Waals surface area (Å²) in [7, 11) is 0. The highest BCUT2D eigenvalue weighted by Crippen LogP contribution is 2.51. The highest BCUT2D eigenvalue weighted by Gasteiger charge is 2.39. The topological polar surface area (TPSA) is 49.3 Å². The summed E-state index contributed by atoms with van der Waals surface area (Å²) >= 11 is 0. The minimum atomic E-state index is -0.879. The SMILES string of the molecule is Cc1ccc(C)c2c1N[C@H](c1ccc(C(=O)O)cc1)[C@H]1CC=C[C@@H]21. The van der Waals surface area contributed by atoms with Gasteiger partial charge in [0, 0.05) is 11.6 Å². The molecule has 0 bridgehead atoms. The normalized spacial score (nSPS) is 24.2. The van der Waals surface area contributed by atoms with Gasteiger partial charge >= 0.3 is 5.97 Å². The maximum atomic E-state index is 11.1. The summed E-state index contributed by atoms with van der Waals surface area (Å²) in [5.74, 6) is 0.0364. The number of hydrogen-bond donors (Lipinski definition) is 2. The minimum Gasteiger partial charge on any atom is -0.478 e. The number of aromatic carboxylic acids is 1. The largest absolute Gasteiger partial charge is 0.478 e. The number of nitrogens with one attached hydrogen (secondary N) is 1. The molecular weight excluding hydrogens is 298 g/mol. The molecule has 0 fully saturated rings. The molecule has 2 aliphatic rings. The number of carboxylic acids is 1. The molecule has 24 heavy (non-hydrogen) atoms. The Hall–Kier alpha value is -2.55. The second-order valence-electron chi connectivity index (χ2n) is 6.89. The predicted molar refractivity (Wildman–Crippen MR) is 95.7 cm³/mol. The Bertz CT molecular complexity index is 836. The molecule has 1 heterocycles. The standard InChI is InChI=1S/C21H21NO2/c1-12-6-7-13(2)19-18(12)16-4-3-5-17(16)20(22-19)14-8-10-15(11-9-14)21(23)24/h3-4,6-11,16-17,20,22H,5H2,1-2H3,(H,23,24)/t16-,17+,20-/m1/s1. The second kappa shape index (κ2) is 5.52.